The van der Waals surface area contributed by atoms with E-state index in [4.69, 9.17) is 0 Å². The maximum absolute atomic E-state index is 4.49. The van der Waals surface area contributed by atoms with Crippen molar-refractivity contribution in [1.29, 1.82) is 0 Å². The molecule has 106 valence electrons. The third kappa shape index (κ3) is 3.47. The predicted molar refractivity (Wildman–Crippen MR) is 83.1 cm³/mol. The van der Waals surface area contributed by atoms with Crippen molar-refractivity contribution in [2.24, 2.45) is 0 Å². The lowest BCUT2D eigenvalue weighted by atomic mass is 9.95. The van der Waals surface area contributed by atoms with Crippen LogP contribution in [0.5, 0.6) is 0 Å². The van der Waals surface area contributed by atoms with Gasteiger partial charge in [-0.15, -0.1) is 0 Å². The summed E-state index contributed by atoms with van der Waals surface area (Å²) >= 11 is 4.25. The molecule has 1 N–H and O–H groups in total. The molecule has 2 aliphatic heterocycles. The number of likely N-dealkylation sites (tertiary alicyclic amines) is 1. The van der Waals surface area contributed by atoms with Crippen molar-refractivity contribution in [3.8, 4) is 0 Å². The van der Waals surface area contributed by atoms with Crippen molar-refractivity contribution in [3.63, 3.8) is 0 Å². The van der Waals surface area contributed by atoms with Gasteiger partial charge in [0.2, 0.25) is 0 Å². The largest absolute Gasteiger partial charge is 0.299 e. The van der Waals surface area contributed by atoms with E-state index in [-0.39, 0.29) is 0 Å². The Kier molecular flexibility index (Phi) is 4.71. The molecule has 3 rings (SSSR count). The zero-order valence-corrected chi connectivity index (χ0v) is 13.1. The Labute approximate surface area is 123 Å². The number of thioether (sulfide) groups is 2. The number of hydrogen-bond acceptors (Lipinski definition) is 5. The minimum atomic E-state index is 0.562. The van der Waals surface area contributed by atoms with E-state index in [0.29, 0.717) is 5.92 Å². The Morgan fingerprint density at radius 3 is 2.42 bits per heavy atom. The molecule has 3 heterocycles. The molecule has 0 unspecified atom stereocenters. The van der Waals surface area contributed by atoms with E-state index in [0.717, 1.165) is 17.7 Å². The van der Waals surface area contributed by atoms with Crippen LogP contribution in [0, 0.1) is 6.92 Å². The van der Waals surface area contributed by atoms with E-state index in [9.17, 15) is 0 Å². The third-order valence-electron chi connectivity index (χ3n) is 4.02. The molecular weight excluding hydrogens is 276 g/mol. The van der Waals surface area contributed by atoms with Gasteiger partial charge in [-0.25, -0.2) is 4.98 Å². The van der Waals surface area contributed by atoms with Gasteiger partial charge in [-0.05, 0) is 32.9 Å². The quantitative estimate of drug-likeness (QED) is 0.906. The molecule has 0 bridgehead atoms. The summed E-state index contributed by atoms with van der Waals surface area (Å²) in [6.07, 6.45) is 2.42. The fraction of sp³-hybridized carbons (Fsp3) is 0.846. The molecule has 4 nitrogen and oxygen atoms in total. The summed E-state index contributed by atoms with van der Waals surface area (Å²) in [5.41, 5.74) is 0. The van der Waals surface area contributed by atoms with Gasteiger partial charge in [0.1, 0.15) is 5.82 Å². The minimum Gasteiger partial charge on any atom is -0.299 e. The zero-order chi connectivity index (χ0) is 13.1. The van der Waals surface area contributed by atoms with E-state index in [1.165, 1.54) is 48.9 Å². The maximum atomic E-state index is 4.49. The fourth-order valence-corrected chi connectivity index (χ4v) is 5.51. The Morgan fingerprint density at radius 1 is 1.16 bits per heavy atom. The Bertz CT molecular complexity index is 393. The normalized spacial score (nSPS) is 24.5. The first-order valence-corrected chi connectivity index (χ1v) is 9.42. The van der Waals surface area contributed by atoms with Gasteiger partial charge in [-0.3, -0.25) is 10.00 Å². The number of piperidine rings is 1. The highest BCUT2D eigenvalue weighted by atomic mass is 32.2. The number of H-pyrrole nitrogens is 1. The van der Waals surface area contributed by atoms with Gasteiger partial charge >= 0.3 is 0 Å². The lowest BCUT2D eigenvalue weighted by Crippen LogP contribution is -2.43. The monoisotopic (exact) mass is 298 g/mol. The predicted octanol–water partition coefficient (Wildman–Crippen LogP) is 2.14. The summed E-state index contributed by atoms with van der Waals surface area (Å²) in [6, 6.07) is 0.785. The fourth-order valence-electron chi connectivity index (χ4n) is 2.88. The molecule has 0 spiro atoms. The molecule has 1 aromatic rings. The lowest BCUT2D eigenvalue weighted by molar-refractivity contribution is 0.175. The van der Waals surface area contributed by atoms with E-state index >= 15 is 0 Å². The molecule has 0 radical (unpaired) electrons. The topological polar surface area (TPSA) is 44.8 Å². The SMILES string of the molecule is Cc1nc(C2CCN(C3CSCCSC3)CC2)n[nH]1. The molecule has 2 aliphatic rings. The summed E-state index contributed by atoms with van der Waals surface area (Å²) in [5, 5.41) is 7.30. The number of aromatic nitrogens is 3. The standard InChI is InChI=1S/C13H22N4S2/c1-10-14-13(16-15-10)11-2-4-17(5-3-11)12-8-18-6-7-19-9-12/h11-12H,2-9H2,1H3,(H,14,15,16). The third-order valence-corrected chi connectivity index (χ3v) is 6.50. The van der Waals surface area contributed by atoms with Crippen molar-refractivity contribution >= 4 is 23.5 Å². The molecule has 2 saturated heterocycles. The molecule has 0 atom stereocenters. The molecule has 19 heavy (non-hydrogen) atoms. The maximum Gasteiger partial charge on any atom is 0.153 e. The van der Waals surface area contributed by atoms with Crippen molar-refractivity contribution < 1.29 is 0 Å². The van der Waals surface area contributed by atoms with Crippen LogP contribution in [-0.2, 0) is 0 Å². The Balaban J connectivity index is 1.54. The van der Waals surface area contributed by atoms with Crippen molar-refractivity contribution in [2.45, 2.75) is 31.7 Å². The van der Waals surface area contributed by atoms with Gasteiger partial charge in [0.25, 0.3) is 0 Å². The van der Waals surface area contributed by atoms with Crippen molar-refractivity contribution in [3.05, 3.63) is 11.6 Å². The first kappa shape index (κ1) is 13.8. The van der Waals surface area contributed by atoms with Crippen LogP contribution in [0.25, 0.3) is 0 Å². The molecule has 0 aliphatic carbocycles. The van der Waals surface area contributed by atoms with E-state index in [2.05, 4.69) is 43.6 Å². The van der Waals surface area contributed by atoms with Crippen LogP contribution in [0.2, 0.25) is 0 Å². The van der Waals surface area contributed by atoms with Gasteiger partial charge in [-0.2, -0.15) is 28.6 Å². The summed E-state index contributed by atoms with van der Waals surface area (Å²) in [4.78, 5) is 7.19. The van der Waals surface area contributed by atoms with Crippen LogP contribution in [0.1, 0.15) is 30.4 Å². The number of aryl methyl sites for hydroxylation is 1. The average molecular weight is 298 g/mol. The van der Waals surface area contributed by atoms with Gasteiger partial charge in [0.15, 0.2) is 5.82 Å². The van der Waals surface area contributed by atoms with Crippen LogP contribution >= 0.6 is 23.5 Å². The number of aromatic amines is 1. The van der Waals surface area contributed by atoms with Gasteiger partial charge in [-0.1, -0.05) is 0 Å². The molecule has 0 amide bonds. The second-order valence-electron chi connectivity index (χ2n) is 5.39. The van der Waals surface area contributed by atoms with Crippen LogP contribution in [0.15, 0.2) is 0 Å². The molecule has 0 aromatic carbocycles. The highest BCUT2D eigenvalue weighted by molar-refractivity contribution is 8.03. The molecule has 2 fully saturated rings. The smallest absolute Gasteiger partial charge is 0.153 e. The average Bonchev–Trinajstić information content (AvgIpc) is 2.72. The van der Waals surface area contributed by atoms with E-state index < -0.39 is 0 Å². The molecule has 0 saturated carbocycles. The van der Waals surface area contributed by atoms with E-state index in [1.54, 1.807) is 0 Å². The highest BCUT2D eigenvalue weighted by Crippen LogP contribution is 2.29. The first-order chi connectivity index (χ1) is 9.33. The summed E-state index contributed by atoms with van der Waals surface area (Å²) in [6.45, 7) is 4.40. The second kappa shape index (κ2) is 6.50. The second-order valence-corrected chi connectivity index (χ2v) is 7.69. The minimum absolute atomic E-state index is 0.562. The number of rotatable bonds is 2. The Morgan fingerprint density at radius 2 is 1.84 bits per heavy atom. The van der Waals surface area contributed by atoms with Gasteiger partial charge in [0.05, 0.1) is 0 Å². The number of hydrogen-bond donors (Lipinski definition) is 1. The van der Waals surface area contributed by atoms with Crippen LogP contribution in [0.3, 0.4) is 0 Å². The van der Waals surface area contributed by atoms with Crippen LogP contribution in [0.4, 0.5) is 0 Å². The van der Waals surface area contributed by atoms with Crippen LogP contribution in [-0.4, -0.2) is 62.2 Å². The van der Waals surface area contributed by atoms with E-state index in [1.807, 2.05) is 6.92 Å². The van der Waals surface area contributed by atoms with Crippen molar-refractivity contribution in [1.82, 2.24) is 20.1 Å². The number of nitrogens with zero attached hydrogens (tertiary/aromatic N) is 3. The molecule has 1 aromatic heterocycles. The molecule has 6 heteroatoms. The first-order valence-electron chi connectivity index (χ1n) is 7.11. The summed E-state index contributed by atoms with van der Waals surface area (Å²) in [7, 11) is 0. The highest BCUT2D eigenvalue weighted by Gasteiger charge is 2.28. The summed E-state index contributed by atoms with van der Waals surface area (Å²) < 4.78 is 0. The zero-order valence-electron chi connectivity index (χ0n) is 11.5. The lowest BCUT2D eigenvalue weighted by Gasteiger charge is -2.36. The van der Waals surface area contributed by atoms with Gasteiger partial charge < -0.3 is 0 Å². The Hall–Kier alpha value is -0.200. The molecular formula is C13H22N4S2. The van der Waals surface area contributed by atoms with Crippen LogP contribution < -0.4 is 0 Å². The van der Waals surface area contributed by atoms with Gasteiger partial charge in [0, 0.05) is 35.0 Å². The van der Waals surface area contributed by atoms with Crippen molar-refractivity contribution in [2.75, 3.05) is 36.1 Å². The summed E-state index contributed by atoms with van der Waals surface area (Å²) in [5.74, 6) is 7.82. The number of nitrogens with one attached hydrogen (secondary N) is 1.